The van der Waals surface area contributed by atoms with Gasteiger partial charge in [0.05, 0.1) is 0 Å². The summed E-state index contributed by atoms with van der Waals surface area (Å²) in [5, 5.41) is 11.9. The van der Waals surface area contributed by atoms with Gasteiger partial charge in [0.2, 0.25) is 0 Å². The van der Waals surface area contributed by atoms with E-state index in [0.717, 1.165) is 23.6 Å². The molecule has 2 aromatic carbocycles. The summed E-state index contributed by atoms with van der Waals surface area (Å²) in [5.74, 6) is 0.958. The van der Waals surface area contributed by atoms with Crippen LogP contribution in [0.25, 0.3) is 0 Å². The zero-order valence-electron chi connectivity index (χ0n) is 18.3. The van der Waals surface area contributed by atoms with Crippen molar-refractivity contribution in [3.05, 3.63) is 71.8 Å². The molecule has 0 bridgehead atoms. The molecule has 160 valence electrons. The molecule has 0 radical (unpaired) electrons. The van der Waals surface area contributed by atoms with E-state index < -0.39 is 5.60 Å². The highest BCUT2D eigenvalue weighted by molar-refractivity contribution is 5.85. The maximum absolute atomic E-state index is 11.9. The molecule has 3 heteroatoms. The number of hydrogen-bond donors (Lipinski definition) is 1. The molecule has 2 atom stereocenters. The van der Waals surface area contributed by atoms with Crippen molar-refractivity contribution >= 4 is 12.4 Å². The van der Waals surface area contributed by atoms with Crippen LogP contribution in [0.3, 0.4) is 0 Å². The summed E-state index contributed by atoms with van der Waals surface area (Å²) in [7, 11) is 2.22. The lowest BCUT2D eigenvalue weighted by Crippen LogP contribution is -2.43. The zero-order chi connectivity index (χ0) is 20.0. The van der Waals surface area contributed by atoms with E-state index in [-0.39, 0.29) is 18.3 Å². The number of rotatable bonds is 8. The van der Waals surface area contributed by atoms with Crippen LogP contribution < -0.4 is 0 Å². The summed E-state index contributed by atoms with van der Waals surface area (Å²) in [6.07, 6.45) is 8.28. The Morgan fingerprint density at radius 1 is 0.897 bits per heavy atom. The van der Waals surface area contributed by atoms with Crippen LogP contribution in [-0.2, 0) is 5.60 Å². The van der Waals surface area contributed by atoms with Gasteiger partial charge in [-0.1, -0.05) is 99.7 Å². The van der Waals surface area contributed by atoms with Crippen LogP contribution in [-0.4, -0.2) is 29.6 Å². The van der Waals surface area contributed by atoms with Gasteiger partial charge >= 0.3 is 0 Å². The minimum Gasteiger partial charge on any atom is -0.380 e. The van der Waals surface area contributed by atoms with E-state index in [1.807, 2.05) is 36.4 Å². The van der Waals surface area contributed by atoms with Gasteiger partial charge in [-0.3, -0.25) is 0 Å². The Kier molecular flexibility index (Phi) is 9.20. The summed E-state index contributed by atoms with van der Waals surface area (Å²) in [4.78, 5) is 2.45. The standard InChI is InChI=1S/C26H37NO.ClH/c1-21(20-27(3)22(2)19-23-13-7-4-8-14-23)26(28,24-15-9-5-10-16-24)25-17-11-6-12-18-25;/h5-6,9-12,15-18,21-23,28H,4,7-8,13-14,19-20H2,1-3H3;1H. The lowest BCUT2D eigenvalue weighted by molar-refractivity contribution is 0.00464. The van der Waals surface area contributed by atoms with Gasteiger partial charge in [0, 0.05) is 18.5 Å². The first-order valence-corrected chi connectivity index (χ1v) is 11.1. The minimum atomic E-state index is -0.985. The van der Waals surface area contributed by atoms with Crippen LogP contribution in [0.2, 0.25) is 0 Å². The molecule has 1 aliphatic carbocycles. The number of halogens is 1. The Morgan fingerprint density at radius 2 is 1.38 bits per heavy atom. The Balaban J connectivity index is 0.00000300. The first-order valence-electron chi connectivity index (χ1n) is 11.1. The molecular formula is C26H38ClNO. The van der Waals surface area contributed by atoms with Gasteiger partial charge in [-0.2, -0.15) is 0 Å². The quantitative estimate of drug-likeness (QED) is 0.549. The third kappa shape index (κ3) is 5.84. The molecule has 1 N–H and O–H groups in total. The van der Waals surface area contributed by atoms with Crippen molar-refractivity contribution < 1.29 is 5.11 Å². The largest absolute Gasteiger partial charge is 0.380 e. The van der Waals surface area contributed by atoms with Gasteiger partial charge in [0.1, 0.15) is 5.60 Å². The molecule has 2 aromatic rings. The van der Waals surface area contributed by atoms with Crippen LogP contribution in [0, 0.1) is 11.8 Å². The highest BCUT2D eigenvalue weighted by Crippen LogP contribution is 2.37. The molecule has 0 spiro atoms. The fourth-order valence-electron chi connectivity index (χ4n) is 4.95. The molecule has 0 heterocycles. The van der Waals surface area contributed by atoms with Crippen molar-refractivity contribution in [1.82, 2.24) is 4.90 Å². The SMILES string of the molecule is CC(CC1CCCCC1)N(C)CC(C)C(O)(c1ccccc1)c1ccccc1.Cl. The monoisotopic (exact) mass is 415 g/mol. The van der Waals surface area contributed by atoms with E-state index >= 15 is 0 Å². The van der Waals surface area contributed by atoms with Crippen LogP contribution >= 0.6 is 12.4 Å². The minimum absolute atomic E-state index is 0. The molecule has 2 unspecified atom stereocenters. The molecular weight excluding hydrogens is 378 g/mol. The molecule has 0 aromatic heterocycles. The predicted molar refractivity (Wildman–Crippen MR) is 126 cm³/mol. The van der Waals surface area contributed by atoms with Crippen molar-refractivity contribution in [3.8, 4) is 0 Å². The van der Waals surface area contributed by atoms with E-state index in [4.69, 9.17) is 0 Å². The third-order valence-electron chi connectivity index (χ3n) is 6.85. The zero-order valence-corrected chi connectivity index (χ0v) is 19.1. The molecule has 0 aliphatic heterocycles. The second kappa shape index (κ2) is 11.2. The van der Waals surface area contributed by atoms with Crippen LogP contribution in [0.15, 0.2) is 60.7 Å². The Morgan fingerprint density at radius 3 is 1.86 bits per heavy atom. The summed E-state index contributed by atoms with van der Waals surface area (Å²) in [5.41, 5.74) is 0.963. The summed E-state index contributed by atoms with van der Waals surface area (Å²) < 4.78 is 0. The van der Waals surface area contributed by atoms with Crippen LogP contribution in [0.5, 0.6) is 0 Å². The summed E-state index contributed by atoms with van der Waals surface area (Å²) in [6.45, 7) is 5.41. The number of benzene rings is 2. The lowest BCUT2D eigenvalue weighted by Gasteiger charge is -2.39. The molecule has 0 amide bonds. The highest BCUT2D eigenvalue weighted by Gasteiger charge is 2.38. The van der Waals surface area contributed by atoms with E-state index in [2.05, 4.69) is 50.1 Å². The lowest BCUT2D eigenvalue weighted by atomic mass is 9.76. The average Bonchev–Trinajstić information content (AvgIpc) is 2.75. The van der Waals surface area contributed by atoms with Crippen molar-refractivity contribution in [3.63, 3.8) is 0 Å². The summed E-state index contributed by atoms with van der Waals surface area (Å²) in [6, 6.07) is 20.8. The van der Waals surface area contributed by atoms with E-state index in [1.165, 1.54) is 38.5 Å². The van der Waals surface area contributed by atoms with Gasteiger partial charge in [-0.15, -0.1) is 12.4 Å². The van der Waals surface area contributed by atoms with Gasteiger partial charge < -0.3 is 10.0 Å². The number of nitrogens with zero attached hydrogens (tertiary/aromatic N) is 1. The van der Waals surface area contributed by atoms with Crippen molar-refractivity contribution in [1.29, 1.82) is 0 Å². The van der Waals surface area contributed by atoms with E-state index in [9.17, 15) is 5.11 Å². The first kappa shape index (κ1) is 23.9. The molecule has 29 heavy (non-hydrogen) atoms. The van der Waals surface area contributed by atoms with Gasteiger partial charge in [-0.05, 0) is 37.4 Å². The Labute approximate surface area is 183 Å². The second-order valence-electron chi connectivity index (χ2n) is 8.93. The highest BCUT2D eigenvalue weighted by atomic mass is 35.5. The molecule has 0 saturated heterocycles. The van der Waals surface area contributed by atoms with Crippen LogP contribution in [0.1, 0.15) is 63.5 Å². The predicted octanol–water partition coefficient (Wildman–Crippen LogP) is 6.27. The van der Waals surface area contributed by atoms with Crippen molar-refractivity contribution in [2.45, 2.75) is 64.0 Å². The van der Waals surface area contributed by atoms with E-state index in [0.29, 0.717) is 6.04 Å². The van der Waals surface area contributed by atoms with Crippen molar-refractivity contribution in [2.75, 3.05) is 13.6 Å². The van der Waals surface area contributed by atoms with Gasteiger partial charge in [-0.25, -0.2) is 0 Å². The Hall–Kier alpha value is -1.35. The normalized spacial score (nSPS) is 17.6. The number of aliphatic hydroxyl groups is 1. The van der Waals surface area contributed by atoms with Gasteiger partial charge in [0.25, 0.3) is 0 Å². The van der Waals surface area contributed by atoms with Gasteiger partial charge in [0.15, 0.2) is 0 Å². The number of hydrogen-bond acceptors (Lipinski definition) is 2. The molecule has 1 saturated carbocycles. The second-order valence-corrected chi connectivity index (χ2v) is 8.93. The molecule has 3 rings (SSSR count). The fourth-order valence-corrected chi connectivity index (χ4v) is 4.95. The maximum Gasteiger partial charge on any atom is 0.118 e. The van der Waals surface area contributed by atoms with E-state index in [1.54, 1.807) is 0 Å². The van der Waals surface area contributed by atoms with Crippen molar-refractivity contribution in [2.24, 2.45) is 11.8 Å². The smallest absolute Gasteiger partial charge is 0.118 e. The molecule has 1 fully saturated rings. The third-order valence-corrected chi connectivity index (χ3v) is 6.85. The molecule has 1 aliphatic rings. The topological polar surface area (TPSA) is 23.5 Å². The maximum atomic E-state index is 11.9. The molecule has 2 nitrogen and oxygen atoms in total. The van der Waals surface area contributed by atoms with Crippen LogP contribution in [0.4, 0.5) is 0 Å². The average molecular weight is 416 g/mol. The first-order chi connectivity index (χ1) is 13.5. The Bertz CT molecular complexity index is 660. The fraction of sp³-hybridized carbons (Fsp3) is 0.538. The summed E-state index contributed by atoms with van der Waals surface area (Å²) >= 11 is 0.